The monoisotopic (exact) mass is 494 g/mol. The molecule has 0 unspecified atom stereocenters. The van der Waals surface area contributed by atoms with Gasteiger partial charge in [0.1, 0.15) is 5.69 Å². The van der Waals surface area contributed by atoms with Gasteiger partial charge in [0, 0.05) is 42.8 Å². The molecule has 0 aliphatic carbocycles. The van der Waals surface area contributed by atoms with E-state index in [1.165, 1.54) is 0 Å². The molecule has 160 valence electrons. The molecule has 2 aliphatic rings. The number of hydrogen-bond donors (Lipinski definition) is 0. The van der Waals surface area contributed by atoms with Gasteiger partial charge in [-0.2, -0.15) is 0 Å². The van der Waals surface area contributed by atoms with Crippen LogP contribution in [0.5, 0.6) is 0 Å². The Morgan fingerprint density at radius 2 is 1.90 bits per heavy atom. The Morgan fingerprint density at radius 1 is 1.13 bits per heavy atom. The maximum Gasteiger partial charge on any atom is 0.329 e. The second kappa shape index (κ2) is 8.23. The third-order valence-corrected chi connectivity index (χ3v) is 6.84. The van der Waals surface area contributed by atoms with Crippen molar-refractivity contribution in [3.63, 3.8) is 0 Å². The first-order valence-electron chi connectivity index (χ1n) is 10.1. The molecule has 7 nitrogen and oxygen atoms in total. The molecule has 2 aliphatic heterocycles. The Kier molecular flexibility index (Phi) is 5.81. The average Bonchev–Trinajstić information content (AvgIpc) is 2.88. The molecule has 0 fully saturated rings. The summed E-state index contributed by atoms with van der Waals surface area (Å²) in [6.07, 6.45) is 0.745. The number of carbonyl (C=O) groups is 2. The molecule has 2 aromatic rings. The van der Waals surface area contributed by atoms with Gasteiger partial charge in [-0.3, -0.25) is 18.7 Å². The maximum atomic E-state index is 13.3. The van der Waals surface area contributed by atoms with Gasteiger partial charge in [0.05, 0.1) is 17.3 Å². The highest BCUT2D eigenvalue weighted by atomic mass is 79.9. The van der Waals surface area contributed by atoms with Crippen LogP contribution >= 0.6 is 27.5 Å². The van der Waals surface area contributed by atoms with Crippen molar-refractivity contribution >= 4 is 39.3 Å². The summed E-state index contributed by atoms with van der Waals surface area (Å²) in [5.41, 5.74) is 1.39. The lowest BCUT2D eigenvalue weighted by Crippen LogP contribution is -2.41. The first kappa shape index (κ1) is 21.2. The lowest BCUT2D eigenvalue weighted by atomic mass is 10.1. The van der Waals surface area contributed by atoms with E-state index in [1.807, 2.05) is 4.90 Å². The van der Waals surface area contributed by atoms with Gasteiger partial charge in [-0.05, 0) is 46.5 Å². The van der Waals surface area contributed by atoms with Crippen molar-refractivity contribution in [2.75, 3.05) is 19.6 Å². The largest absolute Gasteiger partial charge is 0.337 e. The molecule has 4 rings (SSSR count). The molecular formula is C21H24BrClN4O3. The van der Waals surface area contributed by atoms with E-state index >= 15 is 0 Å². The quantitative estimate of drug-likeness (QED) is 0.657. The van der Waals surface area contributed by atoms with Crippen molar-refractivity contribution in [1.82, 2.24) is 18.9 Å². The average molecular weight is 496 g/mol. The summed E-state index contributed by atoms with van der Waals surface area (Å²) in [5, 5.41) is 0.465. The topological polar surface area (TPSA) is 67.6 Å². The molecule has 2 amide bonds. The molecule has 0 bridgehead atoms. The number of halogens is 2. The van der Waals surface area contributed by atoms with E-state index in [9.17, 15) is 14.4 Å². The van der Waals surface area contributed by atoms with Gasteiger partial charge < -0.3 is 9.80 Å². The SMILES string of the molecule is CC(C)CN1CCCn2c(c3n(c2=O)CCN(C(=O)c2ccc(Br)c(Cl)c2)C3)C1=O. The van der Waals surface area contributed by atoms with Crippen molar-refractivity contribution in [1.29, 1.82) is 0 Å². The fourth-order valence-electron chi connectivity index (χ4n) is 4.23. The number of benzene rings is 1. The molecule has 0 N–H and O–H groups in total. The minimum absolute atomic E-state index is 0.118. The van der Waals surface area contributed by atoms with Gasteiger partial charge in [0.2, 0.25) is 0 Å². The second-order valence-corrected chi connectivity index (χ2v) is 9.50. The molecule has 1 aromatic carbocycles. The molecule has 0 radical (unpaired) electrons. The van der Waals surface area contributed by atoms with E-state index in [-0.39, 0.29) is 24.0 Å². The maximum absolute atomic E-state index is 13.3. The van der Waals surface area contributed by atoms with E-state index in [4.69, 9.17) is 11.6 Å². The zero-order valence-corrected chi connectivity index (χ0v) is 19.4. The molecular weight excluding hydrogens is 472 g/mol. The normalized spacial score (nSPS) is 16.5. The Hall–Kier alpha value is -2.06. The molecule has 9 heteroatoms. The Balaban J connectivity index is 1.68. The highest BCUT2D eigenvalue weighted by Crippen LogP contribution is 2.26. The van der Waals surface area contributed by atoms with Crippen molar-refractivity contribution in [2.45, 2.75) is 39.9 Å². The summed E-state index contributed by atoms with van der Waals surface area (Å²) in [4.78, 5) is 42.8. The Labute approximate surface area is 188 Å². The molecule has 0 spiro atoms. The number of imidazole rings is 1. The zero-order chi connectivity index (χ0) is 21.6. The predicted molar refractivity (Wildman–Crippen MR) is 118 cm³/mol. The third kappa shape index (κ3) is 3.71. The summed E-state index contributed by atoms with van der Waals surface area (Å²) in [7, 11) is 0. The van der Waals surface area contributed by atoms with Crippen LogP contribution in [-0.2, 0) is 19.6 Å². The smallest absolute Gasteiger partial charge is 0.329 e. The number of nitrogens with zero attached hydrogens (tertiary/aromatic N) is 4. The Morgan fingerprint density at radius 3 is 2.60 bits per heavy atom. The third-order valence-electron chi connectivity index (χ3n) is 5.60. The predicted octanol–water partition coefficient (Wildman–Crippen LogP) is 3.22. The molecule has 0 saturated heterocycles. The zero-order valence-electron chi connectivity index (χ0n) is 17.0. The molecule has 30 heavy (non-hydrogen) atoms. The van der Waals surface area contributed by atoms with E-state index < -0.39 is 0 Å². The van der Waals surface area contributed by atoms with Crippen LogP contribution in [0.15, 0.2) is 27.5 Å². The standard InChI is InChI=1S/C21H24BrClN4O3/c1-13(2)11-24-6-3-7-27-18(20(24)29)17-12-25(8-9-26(17)21(27)30)19(28)14-4-5-15(22)16(23)10-14/h4-5,10,13H,3,6-9,11-12H2,1-2H3. The van der Waals surface area contributed by atoms with Crippen LogP contribution in [0.4, 0.5) is 0 Å². The second-order valence-electron chi connectivity index (χ2n) is 8.24. The van der Waals surface area contributed by atoms with E-state index in [0.717, 1.165) is 10.9 Å². The highest BCUT2D eigenvalue weighted by molar-refractivity contribution is 9.10. The summed E-state index contributed by atoms with van der Waals surface area (Å²) in [6.45, 7) is 6.97. The number of aromatic nitrogens is 2. The number of carbonyl (C=O) groups excluding carboxylic acids is 2. The van der Waals surface area contributed by atoms with Crippen LogP contribution in [-0.4, -0.2) is 50.4 Å². The van der Waals surface area contributed by atoms with Crippen molar-refractivity contribution in [3.05, 3.63) is 55.1 Å². The van der Waals surface area contributed by atoms with Crippen LogP contribution in [0, 0.1) is 5.92 Å². The number of hydrogen-bond acceptors (Lipinski definition) is 3. The van der Waals surface area contributed by atoms with Crippen LogP contribution < -0.4 is 5.69 Å². The van der Waals surface area contributed by atoms with Gasteiger partial charge in [-0.1, -0.05) is 25.4 Å². The lowest BCUT2D eigenvalue weighted by Gasteiger charge is -2.29. The highest BCUT2D eigenvalue weighted by Gasteiger charge is 2.34. The van der Waals surface area contributed by atoms with Crippen LogP contribution in [0.3, 0.4) is 0 Å². The molecule has 0 saturated carbocycles. The van der Waals surface area contributed by atoms with Crippen molar-refractivity contribution in [2.24, 2.45) is 5.92 Å². The van der Waals surface area contributed by atoms with Crippen LogP contribution in [0.1, 0.15) is 46.8 Å². The lowest BCUT2D eigenvalue weighted by molar-refractivity contribution is 0.0689. The summed E-state index contributed by atoms with van der Waals surface area (Å²) in [6, 6.07) is 5.09. The van der Waals surface area contributed by atoms with Crippen LogP contribution in [0.2, 0.25) is 5.02 Å². The number of rotatable bonds is 3. The van der Waals surface area contributed by atoms with Gasteiger partial charge >= 0.3 is 5.69 Å². The minimum atomic E-state index is -0.164. The van der Waals surface area contributed by atoms with Gasteiger partial charge in [0.25, 0.3) is 11.8 Å². The van der Waals surface area contributed by atoms with Crippen molar-refractivity contribution in [3.8, 4) is 0 Å². The van der Waals surface area contributed by atoms with E-state index in [1.54, 1.807) is 32.2 Å². The van der Waals surface area contributed by atoms with Gasteiger partial charge in [-0.25, -0.2) is 4.79 Å². The summed E-state index contributed by atoms with van der Waals surface area (Å²) >= 11 is 9.49. The molecule has 1 aromatic heterocycles. The van der Waals surface area contributed by atoms with Crippen LogP contribution in [0.25, 0.3) is 0 Å². The fourth-order valence-corrected chi connectivity index (χ4v) is 4.66. The fraction of sp³-hybridized carbons (Fsp3) is 0.476. The molecule has 3 heterocycles. The number of fused-ring (bicyclic) bond motifs is 3. The van der Waals surface area contributed by atoms with Gasteiger partial charge in [0.15, 0.2) is 0 Å². The number of amides is 2. The Bertz CT molecular complexity index is 1070. The minimum Gasteiger partial charge on any atom is -0.337 e. The molecule has 0 atom stereocenters. The first-order valence-corrected chi connectivity index (χ1v) is 11.3. The summed E-state index contributed by atoms with van der Waals surface area (Å²) < 4.78 is 3.98. The van der Waals surface area contributed by atoms with Crippen molar-refractivity contribution < 1.29 is 9.59 Å². The van der Waals surface area contributed by atoms with E-state index in [0.29, 0.717) is 60.6 Å². The first-order chi connectivity index (χ1) is 14.3. The summed E-state index contributed by atoms with van der Waals surface area (Å²) in [5.74, 6) is 0.0575. The van der Waals surface area contributed by atoms with Gasteiger partial charge in [-0.15, -0.1) is 0 Å². The van der Waals surface area contributed by atoms with E-state index in [2.05, 4.69) is 29.8 Å².